The van der Waals surface area contributed by atoms with Crippen molar-refractivity contribution in [3.8, 4) is 5.75 Å². The third kappa shape index (κ3) is 6.42. The lowest BCUT2D eigenvalue weighted by atomic mass is 9.85. The molecule has 7 nitrogen and oxygen atoms in total. The highest BCUT2D eigenvalue weighted by Crippen LogP contribution is 2.40. The van der Waals surface area contributed by atoms with Crippen LogP contribution in [0.5, 0.6) is 5.75 Å². The molecule has 2 fully saturated rings. The summed E-state index contributed by atoms with van der Waals surface area (Å²) in [5, 5.41) is 11.7. The molecule has 3 aromatic carbocycles. The number of carbonyl (C=O) groups is 2. The number of hydrogen-bond donors (Lipinski definition) is 1. The highest BCUT2D eigenvalue weighted by molar-refractivity contribution is 6.46. The summed E-state index contributed by atoms with van der Waals surface area (Å²) >= 11 is 0. The van der Waals surface area contributed by atoms with Gasteiger partial charge in [0.1, 0.15) is 18.1 Å². The van der Waals surface area contributed by atoms with E-state index in [-0.39, 0.29) is 16.7 Å². The maximum Gasteiger partial charge on any atom is 0.295 e. The van der Waals surface area contributed by atoms with Crippen molar-refractivity contribution in [3.63, 3.8) is 0 Å². The Hall–Kier alpha value is -3.94. The molecule has 0 spiro atoms. The summed E-state index contributed by atoms with van der Waals surface area (Å²) in [5.74, 6) is -0.759. The van der Waals surface area contributed by atoms with E-state index in [1.54, 1.807) is 17.0 Å². The van der Waals surface area contributed by atoms with Gasteiger partial charge < -0.3 is 19.5 Å². The molecule has 3 aromatic rings. The summed E-state index contributed by atoms with van der Waals surface area (Å²) in [6.07, 6.45) is 0. The van der Waals surface area contributed by atoms with Gasteiger partial charge >= 0.3 is 0 Å². The van der Waals surface area contributed by atoms with Crippen LogP contribution in [0.15, 0.2) is 78.4 Å². The number of likely N-dealkylation sites (tertiary alicyclic amines) is 1. The Morgan fingerprint density at radius 1 is 0.952 bits per heavy atom. The standard InChI is InChI=1S/C35H40N2O5/c1-24-22-28(42-23-25-8-6-5-7-9-25)14-15-29(24)32(38)30-31(26-10-12-27(13-11-26)35(2,3)4)37(34(40)33(30)39)17-16-36-18-20-41-21-19-36/h5-15,22,31,38H,16-21,23H2,1-4H3/b32-30+/t31-/m1/s1. The number of ether oxygens (including phenoxy) is 2. The van der Waals surface area contributed by atoms with Gasteiger partial charge in [-0.15, -0.1) is 0 Å². The van der Waals surface area contributed by atoms with Crippen molar-refractivity contribution in [2.24, 2.45) is 0 Å². The van der Waals surface area contributed by atoms with Crippen LogP contribution in [0.25, 0.3) is 5.76 Å². The van der Waals surface area contributed by atoms with Crippen LogP contribution in [0, 0.1) is 6.92 Å². The van der Waals surface area contributed by atoms with Gasteiger partial charge in [0.25, 0.3) is 11.7 Å². The van der Waals surface area contributed by atoms with E-state index in [1.807, 2.05) is 67.6 Å². The van der Waals surface area contributed by atoms with Crippen molar-refractivity contribution in [1.82, 2.24) is 9.80 Å². The molecule has 0 unspecified atom stereocenters. The molecule has 0 aliphatic carbocycles. The first-order valence-electron chi connectivity index (χ1n) is 14.6. The van der Waals surface area contributed by atoms with Crippen LogP contribution in [0.2, 0.25) is 0 Å². The molecule has 2 aliphatic heterocycles. The quantitative estimate of drug-likeness (QED) is 0.216. The number of aryl methyl sites for hydroxylation is 1. The molecule has 7 heteroatoms. The number of morpholine rings is 1. The average molecular weight is 569 g/mol. The van der Waals surface area contributed by atoms with Crippen LogP contribution < -0.4 is 4.74 Å². The zero-order valence-electron chi connectivity index (χ0n) is 24.9. The lowest BCUT2D eigenvalue weighted by Gasteiger charge is -2.31. The minimum absolute atomic E-state index is 0.0435. The van der Waals surface area contributed by atoms with Gasteiger partial charge in [-0.05, 0) is 52.8 Å². The predicted octanol–water partition coefficient (Wildman–Crippen LogP) is 5.63. The predicted molar refractivity (Wildman–Crippen MR) is 163 cm³/mol. The molecule has 1 atom stereocenters. The summed E-state index contributed by atoms with van der Waals surface area (Å²) in [5.41, 5.74) is 4.33. The molecule has 2 saturated heterocycles. The molecule has 42 heavy (non-hydrogen) atoms. The van der Waals surface area contributed by atoms with E-state index in [0.29, 0.717) is 44.2 Å². The van der Waals surface area contributed by atoms with Crippen LogP contribution in [0.3, 0.4) is 0 Å². The van der Waals surface area contributed by atoms with Gasteiger partial charge in [0.05, 0.1) is 24.8 Å². The molecular weight excluding hydrogens is 528 g/mol. The molecule has 0 aromatic heterocycles. The Kier molecular flexibility index (Phi) is 8.80. The molecular formula is C35H40N2O5. The van der Waals surface area contributed by atoms with E-state index in [1.165, 1.54) is 0 Å². The third-order valence-corrected chi connectivity index (χ3v) is 8.09. The van der Waals surface area contributed by atoms with Crippen molar-refractivity contribution in [1.29, 1.82) is 0 Å². The van der Waals surface area contributed by atoms with Gasteiger partial charge in [0.15, 0.2) is 0 Å². The van der Waals surface area contributed by atoms with Gasteiger partial charge in [-0.3, -0.25) is 14.5 Å². The number of rotatable bonds is 8. The number of aliphatic hydroxyl groups excluding tert-OH is 1. The zero-order chi connectivity index (χ0) is 29.9. The second kappa shape index (κ2) is 12.5. The molecule has 1 N–H and O–H groups in total. The monoisotopic (exact) mass is 568 g/mol. The average Bonchev–Trinajstić information content (AvgIpc) is 3.24. The molecule has 2 heterocycles. The van der Waals surface area contributed by atoms with Gasteiger partial charge in [-0.2, -0.15) is 0 Å². The number of carbonyl (C=O) groups excluding carboxylic acids is 2. The highest BCUT2D eigenvalue weighted by Gasteiger charge is 2.46. The van der Waals surface area contributed by atoms with Crippen LogP contribution in [0.1, 0.15) is 54.6 Å². The van der Waals surface area contributed by atoms with E-state index in [0.717, 1.165) is 35.3 Å². The summed E-state index contributed by atoms with van der Waals surface area (Å²) in [6.45, 7) is 12.6. The van der Waals surface area contributed by atoms with E-state index in [4.69, 9.17) is 9.47 Å². The number of Topliss-reactive ketones (excluding diaryl/α,β-unsaturated/α-hetero) is 1. The minimum atomic E-state index is -0.687. The maximum absolute atomic E-state index is 13.6. The lowest BCUT2D eigenvalue weighted by Crippen LogP contribution is -2.42. The number of aliphatic hydroxyl groups is 1. The Labute approximate surface area is 248 Å². The maximum atomic E-state index is 13.6. The van der Waals surface area contributed by atoms with Crippen molar-refractivity contribution < 1.29 is 24.2 Å². The lowest BCUT2D eigenvalue weighted by molar-refractivity contribution is -0.140. The van der Waals surface area contributed by atoms with Crippen LogP contribution in [-0.4, -0.2) is 66.0 Å². The Morgan fingerprint density at radius 3 is 2.29 bits per heavy atom. The van der Waals surface area contributed by atoms with Crippen LogP contribution in [-0.2, 0) is 26.3 Å². The fourth-order valence-corrected chi connectivity index (χ4v) is 5.57. The second-order valence-corrected chi connectivity index (χ2v) is 12.1. The molecule has 5 rings (SSSR count). The van der Waals surface area contributed by atoms with Crippen molar-refractivity contribution >= 4 is 17.4 Å². The zero-order valence-corrected chi connectivity index (χ0v) is 24.9. The molecule has 0 saturated carbocycles. The Morgan fingerprint density at radius 2 is 1.64 bits per heavy atom. The largest absolute Gasteiger partial charge is 0.507 e. The first-order valence-corrected chi connectivity index (χ1v) is 14.6. The summed E-state index contributed by atoms with van der Waals surface area (Å²) < 4.78 is 11.4. The second-order valence-electron chi connectivity index (χ2n) is 12.1. The third-order valence-electron chi connectivity index (χ3n) is 8.09. The van der Waals surface area contributed by atoms with Gasteiger partial charge in [0, 0.05) is 31.7 Å². The normalized spacial score (nSPS) is 19.3. The van der Waals surface area contributed by atoms with E-state index < -0.39 is 17.7 Å². The number of ketones is 1. The first-order chi connectivity index (χ1) is 20.1. The molecule has 2 aliphatic rings. The fraction of sp³-hybridized carbons (Fsp3) is 0.371. The topological polar surface area (TPSA) is 79.3 Å². The van der Waals surface area contributed by atoms with E-state index in [2.05, 4.69) is 25.7 Å². The molecule has 0 radical (unpaired) electrons. The van der Waals surface area contributed by atoms with Gasteiger partial charge in [0.2, 0.25) is 0 Å². The molecule has 220 valence electrons. The van der Waals surface area contributed by atoms with Crippen molar-refractivity contribution in [2.45, 2.75) is 45.8 Å². The Bertz CT molecular complexity index is 1450. The number of benzene rings is 3. The SMILES string of the molecule is Cc1cc(OCc2ccccc2)ccc1/C(O)=C1\C(=O)C(=O)N(CCN2CCOCC2)[C@@H]1c1ccc(C(C)(C)C)cc1. The first kappa shape index (κ1) is 29.5. The Balaban J connectivity index is 1.48. The number of nitrogens with zero attached hydrogens (tertiary/aromatic N) is 2. The summed E-state index contributed by atoms with van der Waals surface area (Å²) in [7, 11) is 0. The summed E-state index contributed by atoms with van der Waals surface area (Å²) in [6, 6.07) is 22.6. The molecule has 0 bridgehead atoms. The molecule has 1 amide bonds. The smallest absolute Gasteiger partial charge is 0.295 e. The van der Waals surface area contributed by atoms with Gasteiger partial charge in [-0.25, -0.2) is 0 Å². The number of amides is 1. The fourth-order valence-electron chi connectivity index (χ4n) is 5.57. The van der Waals surface area contributed by atoms with Crippen molar-refractivity contribution in [2.75, 3.05) is 39.4 Å². The van der Waals surface area contributed by atoms with Crippen LogP contribution in [0.4, 0.5) is 0 Å². The van der Waals surface area contributed by atoms with Gasteiger partial charge in [-0.1, -0.05) is 75.4 Å². The van der Waals surface area contributed by atoms with E-state index in [9.17, 15) is 14.7 Å². The van der Waals surface area contributed by atoms with E-state index >= 15 is 0 Å². The number of hydrogen-bond acceptors (Lipinski definition) is 6. The van der Waals surface area contributed by atoms with Crippen molar-refractivity contribution in [3.05, 3.63) is 106 Å². The highest BCUT2D eigenvalue weighted by atomic mass is 16.5. The van der Waals surface area contributed by atoms with Crippen LogP contribution >= 0.6 is 0 Å². The summed E-state index contributed by atoms with van der Waals surface area (Å²) in [4.78, 5) is 30.9. The minimum Gasteiger partial charge on any atom is -0.507 e.